The van der Waals surface area contributed by atoms with Crippen LogP contribution in [0.25, 0.3) is 0 Å². The molecule has 180 valence electrons. The number of primary amides is 1. The molecule has 0 saturated carbocycles. The van der Waals surface area contributed by atoms with Gasteiger partial charge in [0.1, 0.15) is 11.6 Å². The molecule has 1 aliphatic heterocycles. The van der Waals surface area contributed by atoms with Crippen molar-refractivity contribution < 1.29 is 13.2 Å². The summed E-state index contributed by atoms with van der Waals surface area (Å²) in [5.41, 5.74) is 12.9. The maximum absolute atomic E-state index is 12.3. The van der Waals surface area contributed by atoms with Crippen LogP contribution in [-0.4, -0.2) is 53.7 Å². The van der Waals surface area contributed by atoms with E-state index >= 15 is 0 Å². The summed E-state index contributed by atoms with van der Waals surface area (Å²) >= 11 is -1.55. The van der Waals surface area contributed by atoms with Gasteiger partial charge in [0.15, 0.2) is 0 Å². The molecule has 8 nitrogen and oxygen atoms in total. The summed E-state index contributed by atoms with van der Waals surface area (Å²) in [6.07, 6.45) is 0. The van der Waals surface area contributed by atoms with Gasteiger partial charge in [-0.25, -0.2) is 9.00 Å². The summed E-state index contributed by atoms with van der Waals surface area (Å²) in [7, 11) is 0. The highest BCUT2D eigenvalue weighted by Gasteiger charge is 2.18. The number of anilines is 1. The van der Waals surface area contributed by atoms with Crippen molar-refractivity contribution in [3.05, 3.63) is 67.3 Å². The van der Waals surface area contributed by atoms with Crippen molar-refractivity contribution >= 4 is 28.6 Å². The molecule has 3 rings (SSSR count). The van der Waals surface area contributed by atoms with Crippen molar-refractivity contribution in [2.45, 2.75) is 25.7 Å². The highest BCUT2D eigenvalue weighted by atomic mass is 32.2. The lowest BCUT2D eigenvalue weighted by molar-refractivity contribution is 0.256. The van der Waals surface area contributed by atoms with Gasteiger partial charge in [-0.3, -0.25) is 4.90 Å². The smallest absolute Gasteiger partial charge is 0.340 e. The Bertz CT molecular complexity index is 909. The van der Waals surface area contributed by atoms with Gasteiger partial charge < -0.3 is 20.6 Å². The number of carbonyl (C=O) groups excluding carboxylic acids is 1. The van der Waals surface area contributed by atoms with E-state index in [4.69, 9.17) is 15.7 Å². The number of rotatable bonds is 6. The van der Waals surface area contributed by atoms with Crippen molar-refractivity contribution in [2.75, 3.05) is 37.6 Å². The minimum Gasteiger partial charge on any atom is -0.397 e. The molecule has 1 heterocycles. The summed E-state index contributed by atoms with van der Waals surface area (Å²) in [5.74, 6) is 0.788. The predicted octanol–water partition coefficient (Wildman–Crippen LogP) is 3.48. The summed E-state index contributed by atoms with van der Waals surface area (Å²) in [4.78, 5) is 19.3. The van der Waals surface area contributed by atoms with E-state index in [1.165, 1.54) is 0 Å². The number of piperazine rings is 1. The Balaban J connectivity index is 0.00000129. The number of benzene rings is 2. The zero-order valence-corrected chi connectivity index (χ0v) is 20.5. The Kier molecular flexibility index (Phi) is 12.5. The molecule has 0 aromatic heterocycles. The van der Waals surface area contributed by atoms with Crippen molar-refractivity contribution in [1.82, 2.24) is 4.90 Å². The second-order valence-corrected chi connectivity index (χ2v) is 7.94. The summed E-state index contributed by atoms with van der Waals surface area (Å²) < 4.78 is 17.9. The van der Waals surface area contributed by atoms with Gasteiger partial charge >= 0.3 is 6.03 Å². The van der Waals surface area contributed by atoms with E-state index in [1.54, 1.807) is 12.1 Å². The van der Waals surface area contributed by atoms with E-state index in [0.29, 0.717) is 17.2 Å². The first-order valence-corrected chi connectivity index (χ1v) is 11.8. The molecule has 33 heavy (non-hydrogen) atoms. The minimum atomic E-state index is -1.55. The first-order chi connectivity index (χ1) is 15.9. The van der Waals surface area contributed by atoms with E-state index in [-0.39, 0.29) is 5.84 Å². The third-order valence-corrected chi connectivity index (χ3v) is 5.60. The van der Waals surface area contributed by atoms with Gasteiger partial charge in [0.05, 0.1) is 11.4 Å². The van der Waals surface area contributed by atoms with Gasteiger partial charge in [-0.15, -0.1) is 13.2 Å². The largest absolute Gasteiger partial charge is 0.397 e. The average Bonchev–Trinajstić information content (AvgIpc) is 2.82. The van der Waals surface area contributed by atoms with Crippen molar-refractivity contribution in [1.29, 1.82) is 0 Å². The topological polar surface area (TPSA) is 114 Å². The highest BCUT2D eigenvalue weighted by Crippen LogP contribution is 2.22. The van der Waals surface area contributed by atoms with E-state index in [9.17, 15) is 9.00 Å². The van der Waals surface area contributed by atoms with Crippen LogP contribution in [0.2, 0.25) is 0 Å². The van der Waals surface area contributed by atoms with Gasteiger partial charge in [0, 0.05) is 31.9 Å². The number of carbonyl (C=O) groups is 1. The Morgan fingerprint density at radius 2 is 1.55 bits per heavy atom. The molecule has 1 aliphatic rings. The lowest BCUT2D eigenvalue weighted by Crippen LogP contribution is -2.49. The molecule has 4 N–H and O–H groups in total. The Hall–Kier alpha value is -3.17. The van der Waals surface area contributed by atoms with Crippen LogP contribution in [0.3, 0.4) is 0 Å². The maximum atomic E-state index is 12.3. The Labute approximate surface area is 199 Å². The second-order valence-electron chi connectivity index (χ2n) is 6.83. The number of amidine groups is 1. The van der Waals surface area contributed by atoms with Gasteiger partial charge in [-0.05, 0) is 43.3 Å². The molecule has 0 spiro atoms. The molecular formula is C24H35N5O3S. The molecule has 1 saturated heterocycles. The van der Waals surface area contributed by atoms with Crippen LogP contribution >= 0.6 is 0 Å². The van der Waals surface area contributed by atoms with Crippen LogP contribution in [-0.2, 0) is 11.1 Å². The van der Waals surface area contributed by atoms with Crippen LogP contribution in [0.1, 0.15) is 19.4 Å². The van der Waals surface area contributed by atoms with Crippen LogP contribution in [0.4, 0.5) is 10.5 Å². The average molecular weight is 474 g/mol. The maximum Gasteiger partial charge on any atom is 0.340 e. The van der Waals surface area contributed by atoms with Crippen molar-refractivity contribution in [2.24, 2.45) is 16.5 Å². The molecule has 1 unspecified atom stereocenters. The van der Waals surface area contributed by atoms with Crippen LogP contribution in [0, 0.1) is 6.92 Å². The van der Waals surface area contributed by atoms with Gasteiger partial charge in [0.25, 0.3) is 0 Å². The number of nitrogens with zero attached hydrogens (tertiary/aromatic N) is 3. The molecule has 1 fully saturated rings. The molecule has 0 aliphatic carbocycles. The van der Waals surface area contributed by atoms with Crippen molar-refractivity contribution in [3.63, 3.8) is 0 Å². The second kappa shape index (κ2) is 14.8. The van der Waals surface area contributed by atoms with Gasteiger partial charge in [0.2, 0.25) is 11.1 Å². The molecule has 9 heteroatoms. The predicted molar refractivity (Wildman–Crippen MR) is 137 cm³/mol. The SMILES string of the molecule is C=C.CC.Cc1ccc(S(=O)Oc2ccc(N3CCN(C/C(N)=N/C(N)=O)CC3)cc2)cc1. The molecule has 2 amide bonds. The Morgan fingerprint density at radius 3 is 2.06 bits per heavy atom. The molecule has 0 bridgehead atoms. The monoisotopic (exact) mass is 473 g/mol. The number of nitrogens with two attached hydrogens (primary N) is 2. The normalized spacial score (nSPS) is 14.8. The fourth-order valence-corrected chi connectivity index (χ4v) is 3.81. The van der Waals surface area contributed by atoms with Crippen LogP contribution < -0.4 is 20.6 Å². The third-order valence-electron chi connectivity index (χ3n) is 4.60. The van der Waals surface area contributed by atoms with Crippen LogP contribution in [0.15, 0.2) is 71.6 Å². The lowest BCUT2D eigenvalue weighted by atomic mass is 10.2. The molecular weight excluding hydrogens is 438 g/mol. The summed E-state index contributed by atoms with van der Waals surface area (Å²) in [6.45, 7) is 15.6. The zero-order chi connectivity index (χ0) is 24.8. The van der Waals surface area contributed by atoms with E-state index in [0.717, 1.165) is 37.4 Å². The Morgan fingerprint density at radius 1 is 1.00 bits per heavy atom. The molecule has 2 aromatic rings. The third kappa shape index (κ3) is 9.46. The highest BCUT2D eigenvalue weighted by molar-refractivity contribution is 7.80. The number of aliphatic imine (C=N–C) groups is 1. The van der Waals surface area contributed by atoms with Crippen molar-refractivity contribution in [3.8, 4) is 5.75 Å². The first-order valence-electron chi connectivity index (χ1n) is 10.8. The van der Waals surface area contributed by atoms with E-state index in [1.807, 2.05) is 57.2 Å². The number of amides is 2. The fraction of sp³-hybridized carbons (Fsp3) is 0.333. The van der Waals surface area contributed by atoms with E-state index in [2.05, 4.69) is 28.0 Å². The molecule has 2 aromatic carbocycles. The minimum absolute atomic E-state index is 0.231. The summed E-state index contributed by atoms with van der Waals surface area (Å²) in [6, 6.07) is 14.2. The molecule has 0 radical (unpaired) electrons. The number of aryl methyl sites for hydroxylation is 1. The van der Waals surface area contributed by atoms with Gasteiger partial charge in [-0.2, -0.15) is 4.99 Å². The number of urea groups is 1. The first kappa shape index (κ1) is 27.9. The fourth-order valence-electron chi connectivity index (χ4n) is 3.07. The van der Waals surface area contributed by atoms with Gasteiger partial charge in [-0.1, -0.05) is 31.5 Å². The van der Waals surface area contributed by atoms with E-state index < -0.39 is 17.1 Å². The lowest BCUT2D eigenvalue weighted by Gasteiger charge is -2.35. The zero-order valence-electron chi connectivity index (χ0n) is 19.7. The standard InChI is InChI=1S/C20H25N5O3S.C2H6.C2H4/c1-15-2-8-18(9-3-15)29(27)28-17-6-4-16(5-7-17)25-12-10-24(11-13-25)14-19(21)23-20(22)26;2*1-2/h2-9H,10-14H2,1H3,(H4,21,22,23,26);1-2H3;1-2H2. The number of hydrogen-bond donors (Lipinski definition) is 2. The quantitative estimate of drug-likeness (QED) is 0.377. The molecule has 1 atom stereocenters. The number of hydrogen-bond acceptors (Lipinski definition) is 5. The summed E-state index contributed by atoms with van der Waals surface area (Å²) in [5, 5.41) is 0. The van der Waals surface area contributed by atoms with Crippen LogP contribution in [0.5, 0.6) is 5.75 Å².